The van der Waals surface area contributed by atoms with Crippen molar-refractivity contribution in [3.05, 3.63) is 70.8 Å². The molecule has 0 bridgehead atoms. The first kappa shape index (κ1) is 27.2. The highest BCUT2D eigenvalue weighted by molar-refractivity contribution is 5.68. The smallest absolute Gasteiger partial charge is 0.408 e. The van der Waals surface area contributed by atoms with Crippen LogP contribution in [0.3, 0.4) is 0 Å². The van der Waals surface area contributed by atoms with E-state index in [0.717, 1.165) is 36.8 Å². The summed E-state index contributed by atoms with van der Waals surface area (Å²) in [5, 5.41) is 5.65. The third kappa shape index (κ3) is 9.08. The molecular weight excluding hydrogens is 428 g/mol. The second-order valence-electron chi connectivity index (χ2n) is 9.80. The van der Waals surface area contributed by atoms with Crippen LogP contribution >= 0.6 is 0 Å². The van der Waals surface area contributed by atoms with Gasteiger partial charge in [-0.2, -0.15) is 0 Å². The molecule has 2 rings (SSSR count). The first-order valence-corrected chi connectivity index (χ1v) is 12.1. The van der Waals surface area contributed by atoms with Gasteiger partial charge in [-0.25, -0.2) is 9.59 Å². The number of carbonyl (C=O) groups is 2. The van der Waals surface area contributed by atoms with Gasteiger partial charge in [0.25, 0.3) is 0 Å². The lowest BCUT2D eigenvalue weighted by atomic mass is 9.97. The Labute approximate surface area is 204 Å². The van der Waals surface area contributed by atoms with Gasteiger partial charge in [-0.1, -0.05) is 72.5 Å². The SMILES string of the molecule is Cc1ccc(C(C)(C)OC(=O)NCCCCCCNC(=O)OC(C)(C)c2ccc(C)cc2)cc1. The van der Waals surface area contributed by atoms with Crippen molar-refractivity contribution in [2.24, 2.45) is 0 Å². The third-order valence-electron chi connectivity index (χ3n) is 5.83. The number of alkyl carbamates (subject to hydrolysis) is 2. The summed E-state index contributed by atoms with van der Waals surface area (Å²) in [6.07, 6.45) is 2.79. The number of unbranched alkanes of at least 4 members (excludes halogenated alkanes) is 3. The average molecular weight is 469 g/mol. The lowest BCUT2D eigenvalue weighted by Gasteiger charge is -2.26. The third-order valence-corrected chi connectivity index (χ3v) is 5.83. The first-order valence-electron chi connectivity index (χ1n) is 12.1. The zero-order valence-electron chi connectivity index (χ0n) is 21.5. The van der Waals surface area contributed by atoms with Gasteiger partial charge in [-0.15, -0.1) is 0 Å². The van der Waals surface area contributed by atoms with Gasteiger partial charge in [-0.05, 0) is 65.5 Å². The molecule has 0 aromatic heterocycles. The summed E-state index contributed by atoms with van der Waals surface area (Å²) in [7, 11) is 0. The highest BCUT2D eigenvalue weighted by Gasteiger charge is 2.26. The van der Waals surface area contributed by atoms with Crippen molar-refractivity contribution in [2.75, 3.05) is 13.1 Å². The molecule has 0 unspecified atom stereocenters. The molecule has 0 aliphatic carbocycles. The predicted molar refractivity (Wildman–Crippen MR) is 136 cm³/mol. The van der Waals surface area contributed by atoms with Gasteiger partial charge in [-0.3, -0.25) is 0 Å². The van der Waals surface area contributed by atoms with Gasteiger partial charge in [0.2, 0.25) is 0 Å². The van der Waals surface area contributed by atoms with Crippen molar-refractivity contribution in [2.45, 2.75) is 78.4 Å². The summed E-state index contributed by atoms with van der Waals surface area (Å²) >= 11 is 0. The fraction of sp³-hybridized carbons (Fsp3) is 0.500. The van der Waals surface area contributed by atoms with E-state index in [1.165, 1.54) is 11.1 Å². The van der Waals surface area contributed by atoms with Crippen LogP contribution in [0, 0.1) is 13.8 Å². The van der Waals surface area contributed by atoms with Crippen LogP contribution in [-0.2, 0) is 20.7 Å². The summed E-state index contributed by atoms with van der Waals surface area (Å²) < 4.78 is 11.2. The van der Waals surface area contributed by atoms with Gasteiger partial charge in [0.15, 0.2) is 0 Å². The molecule has 186 valence electrons. The van der Waals surface area contributed by atoms with E-state index in [4.69, 9.17) is 9.47 Å². The lowest BCUT2D eigenvalue weighted by molar-refractivity contribution is 0.0353. The van der Waals surface area contributed by atoms with Crippen molar-refractivity contribution >= 4 is 12.2 Å². The molecule has 2 aromatic rings. The van der Waals surface area contributed by atoms with Gasteiger partial charge in [0, 0.05) is 13.1 Å². The summed E-state index contributed by atoms with van der Waals surface area (Å²) in [6.45, 7) is 12.7. The van der Waals surface area contributed by atoms with Crippen LogP contribution in [0.2, 0.25) is 0 Å². The summed E-state index contributed by atoms with van der Waals surface area (Å²) in [5.41, 5.74) is 2.88. The van der Waals surface area contributed by atoms with Gasteiger partial charge in [0.05, 0.1) is 0 Å². The fourth-order valence-corrected chi connectivity index (χ4v) is 3.55. The van der Waals surface area contributed by atoms with Crippen LogP contribution in [0.4, 0.5) is 9.59 Å². The van der Waals surface area contributed by atoms with Gasteiger partial charge in [0.1, 0.15) is 11.2 Å². The van der Waals surface area contributed by atoms with Crippen LogP contribution in [0.15, 0.2) is 48.5 Å². The molecule has 34 heavy (non-hydrogen) atoms. The van der Waals surface area contributed by atoms with E-state index in [1.54, 1.807) is 0 Å². The van der Waals surface area contributed by atoms with Crippen molar-refractivity contribution in [3.63, 3.8) is 0 Å². The Bertz CT molecular complexity index is 841. The van der Waals surface area contributed by atoms with Crippen LogP contribution in [0.1, 0.15) is 75.6 Å². The molecule has 2 aromatic carbocycles. The highest BCUT2D eigenvalue weighted by atomic mass is 16.6. The Balaban J connectivity index is 1.56. The maximum Gasteiger partial charge on any atom is 0.408 e. The summed E-state index contributed by atoms with van der Waals surface area (Å²) in [6, 6.07) is 16.0. The Hall–Kier alpha value is -3.02. The van der Waals surface area contributed by atoms with E-state index < -0.39 is 23.4 Å². The fourth-order valence-electron chi connectivity index (χ4n) is 3.55. The molecule has 0 spiro atoms. The normalized spacial score (nSPS) is 11.6. The van der Waals surface area contributed by atoms with Crippen LogP contribution in [-0.4, -0.2) is 25.3 Å². The quantitative estimate of drug-likeness (QED) is 0.370. The van der Waals surface area contributed by atoms with E-state index in [1.807, 2.05) is 90.1 Å². The number of rotatable bonds is 11. The standard InChI is InChI=1S/C28H40N2O4/c1-21-11-15-23(16-12-21)27(3,4)33-25(31)29-19-9-7-8-10-20-30-26(32)34-28(5,6)24-17-13-22(2)14-18-24/h11-18H,7-10,19-20H2,1-6H3,(H,29,31)(H,30,32). The molecule has 0 saturated carbocycles. The number of hydrogen-bond acceptors (Lipinski definition) is 4. The molecule has 0 aliphatic heterocycles. The lowest BCUT2D eigenvalue weighted by Crippen LogP contribution is -2.33. The monoisotopic (exact) mass is 468 g/mol. The van der Waals surface area contributed by atoms with Crippen molar-refractivity contribution < 1.29 is 19.1 Å². The first-order chi connectivity index (χ1) is 16.0. The molecule has 6 heteroatoms. The van der Waals surface area contributed by atoms with Crippen LogP contribution in [0.5, 0.6) is 0 Å². The molecule has 0 aliphatic rings. The molecule has 0 fully saturated rings. The number of nitrogens with one attached hydrogen (secondary N) is 2. The van der Waals surface area contributed by atoms with E-state index in [2.05, 4.69) is 10.6 Å². The molecule has 0 radical (unpaired) electrons. The summed E-state index contributed by atoms with van der Waals surface area (Å²) in [5.74, 6) is 0. The van der Waals surface area contributed by atoms with Crippen molar-refractivity contribution in [1.29, 1.82) is 0 Å². The number of aryl methyl sites for hydroxylation is 2. The summed E-state index contributed by atoms with van der Waals surface area (Å²) in [4.78, 5) is 24.3. The zero-order chi connectivity index (χ0) is 25.2. The number of carbonyl (C=O) groups excluding carboxylic acids is 2. The number of amides is 2. The van der Waals surface area contributed by atoms with Crippen molar-refractivity contribution in [1.82, 2.24) is 10.6 Å². The molecule has 0 saturated heterocycles. The second kappa shape index (κ2) is 12.4. The number of hydrogen-bond donors (Lipinski definition) is 2. The Morgan fingerprint density at radius 3 is 1.26 bits per heavy atom. The van der Waals surface area contributed by atoms with Crippen molar-refractivity contribution in [3.8, 4) is 0 Å². The van der Waals surface area contributed by atoms with E-state index >= 15 is 0 Å². The second-order valence-corrected chi connectivity index (χ2v) is 9.80. The van der Waals surface area contributed by atoms with E-state index in [0.29, 0.717) is 13.1 Å². The Morgan fingerprint density at radius 2 is 0.941 bits per heavy atom. The zero-order valence-corrected chi connectivity index (χ0v) is 21.5. The minimum absolute atomic E-state index is 0.411. The van der Waals surface area contributed by atoms with Crippen LogP contribution in [0.25, 0.3) is 0 Å². The Kier molecular flexibility index (Phi) is 9.97. The average Bonchev–Trinajstić information content (AvgIpc) is 2.75. The molecule has 2 amide bonds. The maximum atomic E-state index is 12.1. The number of benzene rings is 2. The van der Waals surface area contributed by atoms with E-state index in [9.17, 15) is 9.59 Å². The largest absolute Gasteiger partial charge is 0.439 e. The number of ether oxygens (including phenoxy) is 2. The molecular formula is C28H40N2O4. The highest BCUT2D eigenvalue weighted by Crippen LogP contribution is 2.26. The molecule has 0 heterocycles. The van der Waals surface area contributed by atoms with Crippen LogP contribution < -0.4 is 10.6 Å². The van der Waals surface area contributed by atoms with E-state index in [-0.39, 0.29) is 0 Å². The topological polar surface area (TPSA) is 76.7 Å². The Morgan fingerprint density at radius 1 is 0.618 bits per heavy atom. The molecule has 2 N–H and O–H groups in total. The molecule has 0 atom stereocenters. The minimum atomic E-state index is -0.688. The van der Waals surface area contributed by atoms with Gasteiger partial charge >= 0.3 is 12.2 Å². The minimum Gasteiger partial charge on any atom is -0.439 e. The van der Waals surface area contributed by atoms with Gasteiger partial charge < -0.3 is 20.1 Å². The maximum absolute atomic E-state index is 12.1. The predicted octanol–water partition coefficient (Wildman–Crippen LogP) is 6.49. The molecule has 6 nitrogen and oxygen atoms in total.